The maximum Gasteiger partial charge on any atom is 0.416 e. The first-order valence-corrected chi connectivity index (χ1v) is 5.39. The summed E-state index contributed by atoms with van der Waals surface area (Å²) in [5.74, 6) is -0.0496. The largest absolute Gasteiger partial charge is 0.425 e. The Hall–Kier alpha value is -1.95. The molecule has 0 saturated heterocycles. The number of hydrogen-bond acceptors (Lipinski definition) is 3. The van der Waals surface area contributed by atoms with Crippen LogP contribution in [-0.4, -0.2) is 5.43 Å². The van der Waals surface area contributed by atoms with Crippen LogP contribution in [0.5, 0.6) is 5.95 Å². The number of halogens is 4. The fraction of sp³-hybridized carbons (Fsp3) is 0.0833. The molecule has 19 heavy (non-hydrogen) atoms. The van der Waals surface area contributed by atoms with E-state index in [0.717, 1.165) is 12.1 Å². The third kappa shape index (κ3) is 3.29. The summed E-state index contributed by atoms with van der Waals surface area (Å²) < 4.78 is 47.1. The molecule has 7 heteroatoms. The summed E-state index contributed by atoms with van der Waals surface area (Å²) >= 11 is 4.98. The number of hydrogen-bond donors (Lipinski definition) is 0. The van der Waals surface area contributed by atoms with Crippen molar-refractivity contribution in [1.29, 1.82) is 0 Å². The summed E-state index contributed by atoms with van der Waals surface area (Å²) in [6, 6.07) is 7.26. The van der Waals surface area contributed by atoms with E-state index in [-0.39, 0.29) is 17.3 Å². The number of ether oxygens (including phenoxy) is 1. The molecule has 0 fully saturated rings. The summed E-state index contributed by atoms with van der Waals surface area (Å²) in [7, 11) is 0. The van der Waals surface area contributed by atoms with Gasteiger partial charge in [0.2, 0.25) is 0 Å². The molecule has 0 saturated carbocycles. The highest BCUT2D eigenvalue weighted by atomic mass is 35.5. The minimum Gasteiger partial charge on any atom is -0.425 e. The number of benzene rings is 1. The summed E-state index contributed by atoms with van der Waals surface area (Å²) in [6.45, 7) is 0. The lowest BCUT2D eigenvalue weighted by atomic mass is 10.1. The fourth-order valence-electron chi connectivity index (χ4n) is 1.46. The zero-order valence-corrected chi connectivity index (χ0v) is 9.96. The molecule has 0 amide bonds. The van der Waals surface area contributed by atoms with Crippen LogP contribution in [0.25, 0.3) is 11.3 Å². The van der Waals surface area contributed by atoms with Gasteiger partial charge in [0.25, 0.3) is 5.95 Å². The monoisotopic (exact) mass is 290 g/mol. The molecule has 0 atom stereocenters. The number of rotatable bonds is 2. The van der Waals surface area contributed by atoms with E-state index >= 15 is 0 Å². The lowest BCUT2D eigenvalue weighted by Gasteiger charge is -2.07. The molecule has 0 aliphatic carbocycles. The van der Waals surface area contributed by atoms with Crippen LogP contribution in [-0.2, 0) is 6.18 Å². The van der Waals surface area contributed by atoms with Crippen molar-refractivity contribution in [1.82, 2.24) is 0 Å². The van der Waals surface area contributed by atoms with Gasteiger partial charge in [0.15, 0.2) is 0 Å². The second-order valence-electron chi connectivity index (χ2n) is 3.54. The average Bonchev–Trinajstić information content (AvgIpc) is 2.76. The van der Waals surface area contributed by atoms with Gasteiger partial charge in [-0.1, -0.05) is 12.1 Å². The van der Waals surface area contributed by atoms with E-state index in [1.165, 1.54) is 24.3 Å². The van der Waals surface area contributed by atoms with Gasteiger partial charge in [-0.15, -0.1) is 0 Å². The van der Waals surface area contributed by atoms with Crippen molar-refractivity contribution in [2.24, 2.45) is 0 Å². The molecular weight excluding hydrogens is 285 g/mol. The molecule has 0 unspecified atom stereocenters. The van der Waals surface area contributed by atoms with E-state index in [0.29, 0.717) is 0 Å². The summed E-state index contributed by atoms with van der Waals surface area (Å²) in [5.41, 5.74) is -1.67. The van der Waals surface area contributed by atoms with Crippen LogP contribution in [0.15, 0.2) is 40.8 Å². The first-order valence-electron chi connectivity index (χ1n) is 5.01. The SMILES string of the molecule is O=C(Cl)Oc1ccc(-c2cccc(C(F)(F)F)c2)o1. The minimum absolute atomic E-state index is 0.138. The molecule has 0 spiro atoms. The Balaban J connectivity index is 2.32. The van der Waals surface area contributed by atoms with Gasteiger partial charge in [0.1, 0.15) is 5.76 Å². The number of furan rings is 1. The molecule has 2 aromatic rings. The quantitative estimate of drug-likeness (QED) is 0.752. The highest BCUT2D eigenvalue weighted by molar-refractivity contribution is 6.61. The van der Waals surface area contributed by atoms with Crippen LogP contribution in [0.2, 0.25) is 0 Å². The molecular formula is C12H6ClF3O3. The van der Waals surface area contributed by atoms with Crippen molar-refractivity contribution in [2.75, 3.05) is 0 Å². The molecule has 0 aliphatic rings. The molecule has 0 aliphatic heterocycles. The predicted molar refractivity (Wildman–Crippen MR) is 61.0 cm³/mol. The van der Waals surface area contributed by atoms with E-state index < -0.39 is 17.2 Å². The zero-order chi connectivity index (χ0) is 14.0. The number of carbonyl (C=O) groups excluding carboxylic acids is 1. The summed E-state index contributed by atoms with van der Waals surface area (Å²) in [6.07, 6.45) is -4.44. The molecule has 0 bridgehead atoms. The van der Waals surface area contributed by atoms with Crippen molar-refractivity contribution in [3.05, 3.63) is 42.0 Å². The Kier molecular flexibility index (Phi) is 3.53. The second kappa shape index (κ2) is 4.97. The number of carbonyl (C=O) groups is 1. The molecule has 1 heterocycles. The average molecular weight is 291 g/mol. The van der Waals surface area contributed by atoms with E-state index in [1.54, 1.807) is 0 Å². The van der Waals surface area contributed by atoms with E-state index in [1.807, 2.05) is 0 Å². The molecule has 0 radical (unpaired) electrons. The van der Waals surface area contributed by atoms with Crippen LogP contribution in [0, 0.1) is 0 Å². The molecule has 3 nitrogen and oxygen atoms in total. The predicted octanol–water partition coefficient (Wildman–Crippen LogP) is 4.70. The highest BCUT2D eigenvalue weighted by Gasteiger charge is 2.30. The van der Waals surface area contributed by atoms with Gasteiger partial charge < -0.3 is 9.15 Å². The van der Waals surface area contributed by atoms with Crippen LogP contribution in [0.1, 0.15) is 5.56 Å². The first-order chi connectivity index (χ1) is 8.86. The Morgan fingerprint density at radius 1 is 1.21 bits per heavy atom. The Labute approximate surface area is 110 Å². The third-order valence-corrected chi connectivity index (χ3v) is 2.31. The lowest BCUT2D eigenvalue weighted by molar-refractivity contribution is -0.137. The Morgan fingerprint density at radius 2 is 1.95 bits per heavy atom. The van der Waals surface area contributed by atoms with Crippen molar-refractivity contribution >= 4 is 17.0 Å². The lowest BCUT2D eigenvalue weighted by Crippen LogP contribution is -2.04. The Morgan fingerprint density at radius 3 is 2.58 bits per heavy atom. The minimum atomic E-state index is -4.44. The van der Waals surface area contributed by atoms with E-state index in [4.69, 9.17) is 16.0 Å². The van der Waals surface area contributed by atoms with Gasteiger partial charge in [-0.3, -0.25) is 0 Å². The standard InChI is InChI=1S/C12H6ClF3O3/c13-11(17)19-10-5-4-9(18-10)7-2-1-3-8(6-7)12(14,15)16/h1-6H. The summed E-state index contributed by atoms with van der Waals surface area (Å²) in [5, 5.41) is 0. The van der Waals surface area contributed by atoms with Gasteiger partial charge >= 0.3 is 11.6 Å². The number of alkyl halides is 3. The van der Waals surface area contributed by atoms with Gasteiger partial charge in [0, 0.05) is 23.2 Å². The topological polar surface area (TPSA) is 39.4 Å². The van der Waals surface area contributed by atoms with Crippen LogP contribution in [0.3, 0.4) is 0 Å². The van der Waals surface area contributed by atoms with Crippen molar-refractivity contribution < 1.29 is 27.1 Å². The Bertz CT molecular complexity index is 604. The smallest absolute Gasteiger partial charge is 0.416 e. The van der Waals surface area contributed by atoms with Gasteiger partial charge in [0.05, 0.1) is 5.56 Å². The molecule has 1 aromatic heterocycles. The van der Waals surface area contributed by atoms with Crippen molar-refractivity contribution in [3.63, 3.8) is 0 Å². The zero-order valence-electron chi connectivity index (χ0n) is 9.20. The van der Waals surface area contributed by atoms with Gasteiger partial charge in [-0.25, -0.2) is 4.79 Å². The fourth-order valence-corrected chi connectivity index (χ4v) is 1.53. The van der Waals surface area contributed by atoms with Crippen LogP contribution >= 0.6 is 11.6 Å². The van der Waals surface area contributed by atoms with Crippen molar-refractivity contribution in [2.45, 2.75) is 6.18 Å². The van der Waals surface area contributed by atoms with Crippen LogP contribution in [0.4, 0.5) is 18.0 Å². The van der Waals surface area contributed by atoms with Crippen LogP contribution < -0.4 is 4.74 Å². The molecule has 1 aromatic carbocycles. The highest BCUT2D eigenvalue weighted by Crippen LogP contribution is 2.33. The maximum absolute atomic E-state index is 12.5. The van der Waals surface area contributed by atoms with Gasteiger partial charge in [-0.05, 0) is 18.2 Å². The molecule has 0 N–H and O–H groups in total. The van der Waals surface area contributed by atoms with E-state index in [9.17, 15) is 18.0 Å². The maximum atomic E-state index is 12.5. The normalized spacial score (nSPS) is 11.4. The van der Waals surface area contributed by atoms with E-state index in [2.05, 4.69) is 4.74 Å². The summed E-state index contributed by atoms with van der Waals surface area (Å²) in [4.78, 5) is 10.5. The first kappa shape index (κ1) is 13.5. The third-order valence-electron chi connectivity index (χ3n) is 2.24. The van der Waals surface area contributed by atoms with Crippen molar-refractivity contribution in [3.8, 4) is 17.3 Å². The van der Waals surface area contributed by atoms with Gasteiger partial charge in [-0.2, -0.15) is 13.2 Å². The second-order valence-corrected chi connectivity index (χ2v) is 3.85. The molecule has 100 valence electrons. The molecule has 2 rings (SSSR count).